The first-order valence-corrected chi connectivity index (χ1v) is 6.99. The Bertz CT molecular complexity index is 639. The van der Waals surface area contributed by atoms with Crippen LogP contribution in [-0.4, -0.2) is 38.8 Å². The van der Waals surface area contributed by atoms with Crippen molar-refractivity contribution >= 4 is 11.6 Å². The van der Waals surface area contributed by atoms with E-state index in [-0.39, 0.29) is 5.91 Å². The van der Waals surface area contributed by atoms with Gasteiger partial charge >= 0.3 is 0 Å². The summed E-state index contributed by atoms with van der Waals surface area (Å²) in [5.74, 6) is -0.182. The molecule has 0 saturated heterocycles. The van der Waals surface area contributed by atoms with E-state index in [4.69, 9.17) is 4.74 Å². The summed E-state index contributed by atoms with van der Waals surface area (Å²) in [7, 11) is 0. The number of ether oxygens (including phenoxy) is 1. The summed E-state index contributed by atoms with van der Waals surface area (Å²) in [5.41, 5.74) is 2.52. The second-order valence-corrected chi connectivity index (χ2v) is 4.84. The molecule has 0 spiro atoms. The summed E-state index contributed by atoms with van der Waals surface area (Å²) in [6.45, 7) is 7.74. The molecule has 0 saturated carbocycles. The topological polar surface area (TPSA) is 81.9 Å². The van der Waals surface area contributed by atoms with Crippen LogP contribution in [0.25, 0.3) is 5.69 Å². The Balaban J connectivity index is 2.00. The van der Waals surface area contributed by atoms with Gasteiger partial charge in [-0.25, -0.2) is 4.68 Å². The van der Waals surface area contributed by atoms with Crippen molar-refractivity contribution in [3.63, 3.8) is 0 Å². The molecule has 0 fully saturated rings. The highest BCUT2D eigenvalue weighted by atomic mass is 16.5. The molecule has 2 aromatic rings. The minimum atomic E-state index is -0.514. The Morgan fingerprint density at radius 2 is 2.36 bits per heavy atom. The number of benzene rings is 1. The lowest BCUT2D eigenvalue weighted by molar-refractivity contribution is -0.126. The SMILES string of the molecule is C=CCCOC(C)C(=O)Nc1ccc(-n2cnnn2)c(C)c1. The molecule has 1 unspecified atom stereocenters. The van der Waals surface area contributed by atoms with Gasteiger partial charge < -0.3 is 10.1 Å². The third-order valence-electron chi connectivity index (χ3n) is 3.12. The maximum Gasteiger partial charge on any atom is 0.253 e. The van der Waals surface area contributed by atoms with Crippen LogP contribution < -0.4 is 5.32 Å². The van der Waals surface area contributed by atoms with E-state index in [0.29, 0.717) is 12.3 Å². The first kappa shape index (κ1) is 15.8. The average molecular weight is 301 g/mol. The maximum atomic E-state index is 12.0. The van der Waals surface area contributed by atoms with Gasteiger partial charge in [0.1, 0.15) is 12.4 Å². The first-order valence-electron chi connectivity index (χ1n) is 6.99. The Kier molecular flexibility index (Phi) is 5.37. The normalized spacial score (nSPS) is 11.9. The van der Waals surface area contributed by atoms with Crippen molar-refractivity contribution in [2.45, 2.75) is 26.4 Å². The monoisotopic (exact) mass is 301 g/mol. The van der Waals surface area contributed by atoms with Gasteiger partial charge in [-0.15, -0.1) is 11.7 Å². The van der Waals surface area contributed by atoms with Gasteiger partial charge in [0, 0.05) is 5.69 Å². The number of hydrogen-bond donors (Lipinski definition) is 1. The van der Waals surface area contributed by atoms with Crippen LogP contribution in [0.2, 0.25) is 0 Å². The highest BCUT2D eigenvalue weighted by Crippen LogP contribution is 2.18. The maximum absolute atomic E-state index is 12.0. The van der Waals surface area contributed by atoms with E-state index in [1.165, 1.54) is 6.33 Å². The lowest BCUT2D eigenvalue weighted by Gasteiger charge is -2.14. The highest BCUT2D eigenvalue weighted by Gasteiger charge is 2.13. The van der Waals surface area contributed by atoms with Crippen molar-refractivity contribution in [1.29, 1.82) is 0 Å². The van der Waals surface area contributed by atoms with Gasteiger partial charge in [-0.3, -0.25) is 4.79 Å². The standard InChI is InChI=1S/C15H19N5O2/c1-4-5-8-22-12(3)15(21)17-13-6-7-14(11(2)9-13)20-10-16-18-19-20/h4,6-7,9-10,12H,1,5,8H2,2-3H3,(H,17,21). The van der Waals surface area contributed by atoms with Crippen LogP contribution in [0, 0.1) is 6.92 Å². The van der Waals surface area contributed by atoms with Gasteiger partial charge in [-0.2, -0.15) is 0 Å². The third kappa shape index (κ3) is 3.98. The molecule has 1 heterocycles. The average Bonchev–Trinajstić information content (AvgIpc) is 3.01. The van der Waals surface area contributed by atoms with Crippen LogP contribution in [-0.2, 0) is 9.53 Å². The van der Waals surface area contributed by atoms with Crippen molar-refractivity contribution in [2.24, 2.45) is 0 Å². The molecule has 1 aromatic heterocycles. The van der Waals surface area contributed by atoms with Gasteiger partial charge in [0.05, 0.1) is 12.3 Å². The van der Waals surface area contributed by atoms with Crippen LogP contribution in [0.1, 0.15) is 18.9 Å². The van der Waals surface area contributed by atoms with E-state index < -0.39 is 6.10 Å². The second kappa shape index (κ2) is 7.46. The molecule has 1 aromatic carbocycles. The molecule has 7 nitrogen and oxygen atoms in total. The molecule has 2 rings (SSSR count). The lowest BCUT2D eigenvalue weighted by Crippen LogP contribution is -2.28. The van der Waals surface area contributed by atoms with Gasteiger partial charge in [0.2, 0.25) is 0 Å². The molecule has 0 aliphatic carbocycles. The Labute approximate surface area is 129 Å². The first-order chi connectivity index (χ1) is 10.6. The van der Waals surface area contributed by atoms with Gasteiger partial charge in [-0.1, -0.05) is 6.08 Å². The lowest BCUT2D eigenvalue weighted by atomic mass is 10.1. The quantitative estimate of drug-likeness (QED) is 0.624. The number of aryl methyl sites for hydroxylation is 1. The number of rotatable bonds is 7. The molecule has 116 valence electrons. The van der Waals surface area contributed by atoms with Crippen molar-refractivity contribution in [3.8, 4) is 5.69 Å². The summed E-state index contributed by atoms with van der Waals surface area (Å²) in [4.78, 5) is 12.0. The van der Waals surface area contributed by atoms with Crippen molar-refractivity contribution < 1.29 is 9.53 Å². The number of nitrogens with zero attached hydrogens (tertiary/aromatic N) is 4. The molecule has 0 radical (unpaired) electrons. The predicted molar refractivity (Wildman–Crippen MR) is 82.7 cm³/mol. The van der Waals surface area contributed by atoms with Crippen molar-refractivity contribution in [2.75, 3.05) is 11.9 Å². The fourth-order valence-corrected chi connectivity index (χ4v) is 1.91. The zero-order valence-electron chi connectivity index (χ0n) is 12.7. The number of anilines is 1. The number of carbonyl (C=O) groups excluding carboxylic acids is 1. The summed E-state index contributed by atoms with van der Waals surface area (Å²) in [5, 5.41) is 13.9. The number of carbonyl (C=O) groups is 1. The molecule has 7 heteroatoms. The smallest absolute Gasteiger partial charge is 0.253 e. The second-order valence-electron chi connectivity index (χ2n) is 4.84. The molecule has 0 aliphatic rings. The number of aromatic nitrogens is 4. The van der Waals surface area contributed by atoms with Gasteiger partial charge in [-0.05, 0) is 54.5 Å². The minimum absolute atomic E-state index is 0.182. The predicted octanol–water partition coefficient (Wildman–Crippen LogP) is 1.89. The number of hydrogen-bond acceptors (Lipinski definition) is 5. The van der Waals surface area contributed by atoms with Crippen LogP contribution in [0.15, 0.2) is 37.2 Å². The molecule has 22 heavy (non-hydrogen) atoms. The molecule has 0 bridgehead atoms. The van der Waals surface area contributed by atoms with E-state index in [1.807, 2.05) is 19.1 Å². The van der Waals surface area contributed by atoms with E-state index in [9.17, 15) is 4.79 Å². The summed E-state index contributed by atoms with van der Waals surface area (Å²) in [6.07, 6.45) is 3.48. The van der Waals surface area contributed by atoms with Crippen LogP contribution in [0.4, 0.5) is 5.69 Å². The summed E-state index contributed by atoms with van der Waals surface area (Å²) >= 11 is 0. The fourth-order valence-electron chi connectivity index (χ4n) is 1.91. The fraction of sp³-hybridized carbons (Fsp3) is 0.333. The number of amides is 1. The molecular formula is C15H19N5O2. The molecule has 1 N–H and O–H groups in total. The molecule has 0 aliphatic heterocycles. The molecule has 1 amide bonds. The van der Waals surface area contributed by atoms with Gasteiger partial charge in [0.15, 0.2) is 0 Å². The molecule has 1 atom stereocenters. The summed E-state index contributed by atoms with van der Waals surface area (Å²) < 4.78 is 6.99. The summed E-state index contributed by atoms with van der Waals surface area (Å²) in [6, 6.07) is 5.52. The minimum Gasteiger partial charge on any atom is -0.368 e. The Morgan fingerprint density at radius 3 is 3.00 bits per heavy atom. The zero-order valence-corrected chi connectivity index (χ0v) is 12.7. The Morgan fingerprint density at radius 1 is 1.55 bits per heavy atom. The molecular weight excluding hydrogens is 282 g/mol. The third-order valence-corrected chi connectivity index (χ3v) is 3.12. The Hall–Kier alpha value is -2.54. The van der Waals surface area contributed by atoms with Crippen LogP contribution >= 0.6 is 0 Å². The van der Waals surface area contributed by atoms with Gasteiger partial charge in [0.25, 0.3) is 5.91 Å². The van der Waals surface area contributed by atoms with Crippen molar-refractivity contribution in [1.82, 2.24) is 20.2 Å². The van der Waals surface area contributed by atoms with E-state index in [0.717, 1.165) is 17.7 Å². The highest BCUT2D eigenvalue weighted by molar-refractivity contribution is 5.94. The van der Waals surface area contributed by atoms with E-state index >= 15 is 0 Å². The zero-order chi connectivity index (χ0) is 15.9. The van der Waals surface area contributed by atoms with Crippen molar-refractivity contribution in [3.05, 3.63) is 42.7 Å². The number of tetrazole rings is 1. The van der Waals surface area contributed by atoms with E-state index in [2.05, 4.69) is 27.4 Å². The number of nitrogens with one attached hydrogen (secondary N) is 1. The van der Waals surface area contributed by atoms with Crippen LogP contribution in [0.5, 0.6) is 0 Å². The van der Waals surface area contributed by atoms with Crippen LogP contribution in [0.3, 0.4) is 0 Å². The van der Waals surface area contributed by atoms with E-state index in [1.54, 1.807) is 23.7 Å². The largest absolute Gasteiger partial charge is 0.368 e.